The van der Waals surface area contributed by atoms with Crippen molar-refractivity contribution in [1.82, 2.24) is 0 Å². The normalized spacial score (nSPS) is 37.1. The summed E-state index contributed by atoms with van der Waals surface area (Å²) in [7, 11) is 0. The number of ketones is 1. The van der Waals surface area contributed by atoms with Crippen molar-refractivity contribution >= 4 is 17.5 Å². The lowest BCUT2D eigenvalue weighted by Gasteiger charge is -2.20. The van der Waals surface area contributed by atoms with Crippen LogP contribution in [-0.4, -0.2) is 16.8 Å². The molecular weight excluding hydrogens is 180 g/mol. The van der Waals surface area contributed by atoms with Crippen molar-refractivity contribution in [2.24, 2.45) is 11.3 Å². The van der Waals surface area contributed by atoms with E-state index in [4.69, 9.17) is 0 Å². The summed E-state index contributed by atoms with van der Waals surface area (Å²) >= 11 is 1.89. The minimum absolute atomic E-state index is 0.328. The minimum atomic E-state index is 0.328. The Balaban J connectivity index is 1.90. The lowest BCUT2D eigenvalue weighted by Crippen LogP contribution is -2.23. The number of hydrogen-bond acceptors (Lipinski definition) is 2. The molecule has 2 unspecified atom stereocenters. The summed E-state index contributed by atoms with van der Waals surface area (Å²) in [6, 6.07) is 0. The Hall–Kier alpha value is 0.0200. The van der Waals surface area contributed by atoms with Crippen LogP contribution in [0.25, 0.3) is 0 Å². The van der Waals surface area contributed by atoms with Gasteiger partial charge in [-0.3, -0.25) is 4.79 Å². The van der Waals surface area contributed by atoms with Crippen molar-refractivity contribution in [2.75, 3.05) is 5.75 Å². The molecule has 2 aliphatic rings. The molecule has 0 aromatic rings. The van der Waals surface area contributed by atoms with Crippen molar-refractivity contribution in [3.63, 3.8) is 0 Å². The van der Waals surface area contributed by atoms with E-state index in [0.717, 1.165) is 12.8 Å². The maximum Gasteiger partial charge on any atom is 0.149 e. The molecule has 0 radical (unpaired) electrons. The summed E-state index contributed by atoms with van der Waals surface area (Å²) in [4.78, 5) is 12.0. The van der Waals surface area contributed by atoms with Crippen LogP contribution in [-0.2, 0) is 4.79 Å². The average molecular weight is 198 g/mol. The van der Waals surface area contributed by atoms with Gasteiger partial charge in [-0.15, -0.1) is 0 Å². The average Bonchev–Trinajstić information content (AvgIpc) is 2.76. The number of thioether (sulfide) groups is 1. The molecule has 0 amide bonds. The van der Waals surface area contributed by atoms with Gasteiger partial charge in [0.15, 0.2) is 0 Å². The van der Waals surface area contributed by atoms with Crippen LogP contribution < -0.4 is 0 Å². The first-order chi connectivity index (χ1) is 6.11. The van der Waals surface area contributed by atoms with Crippen LogP contribution in [0.3, 0.4) is 0 Å². The molecule has 0 aromatic carbocycles. The molecule has 0 bridgehead atoms. The van der Waals surface area contributed by atoms with E-state index in [2.05, 4.69) is 13.8 Å². The van der Waals surface area contributed by atoms with E-state index in [9.17, 15) is 4.79 Å². The van der Waals surface area contributed by atoms with Gasteiger partial charge in [-0.25, -0.2) is 0 Å². The first-order valence-electron chi connectivity index (χ1n) is 5.26. The molecule has 1 nitrogen and oxygen atoms in total. The molecule has 0 N–H and O–H groups in total. The highest BCUT2D eigenvalue weighted by Gasteiger charge is 2.51. The minimum Gasteiger partial charge on any atom is -0.298 e. The summed E-state index contributed by atoms with van der Waals surface area (Å²) in [5, 5.41) is 0.348. The number of hydrogen-bond donors (Lipinski definition) is 0. The topological polar surface area (TPSA) is 17.1 Å². The van der Waals surface area contributed by atoms with Crippen molar-refractivity contribution in [3.8, 4) is 0 Å². The van der Waals surface area contributed by atoms with E-state index in [1.807, 2.05) is 11.8 Å². The zero-order valence-corrected chi connectivity index (χ0v) is 9.32. The summed E-state index contributed by atoms with van der Waals surface area (Å²) in [5.74, 6) is 2.14. The maximum atomic E-state index is 12.0. The van der Waals surface area contributed by atoms with Gasteiger partial charge < -0.3 is 0 Å². The Bertz CT molecular complexity index is 216. The summed E-state index contributed by atoms with van der Waals surface area (Å²) in [6.07, 6.45) is 4.83. The SMILES string of the molecule is CC1(C)CC1C(=O)C1CCCCS1. The molecule has 1 saturated heterocycles. The van der Waals surface area contributed by atoms with Gasteiger partial charge in [0.2, 0.25) is 0 Å². The molecule has 2 fully saturated rings. The molecule has 2 atom stereocenters. The molecule has 0 aromatic heterocycles. The predicted octanol–water partition coefficient (Wildman–Crippen LogP) is 2.89. The van der Waals surface area contributed by atoms with Gasteiger partial charge in [0, 0.05) is 5.92 Å². The smallest absolute Gasteiger partial charge is 0.149 e. The van der Waals surface area contributed by atoms with Crippen LogP contribution in [0.4, 0.5) is 0 Å². The molecule has 1 aliphatic heterocycles. The maximum absolute atomic E-state index is 12.0. The fraction of sp³-hybridized carbons (Fsp3) is 0.909. The molecule has 13 heavy (non-hydrogen) atoms. The molecule has 2 heteroatoms. The zero-order chi connectivity index (χ0) is 9.47. The van der Waals surface area contributed by atoms with Crippen molar-refractivity contribution in [2.45, 2.75) is 44.8 Å². The first kappa shape index (κ1) is 9.57. The standard InChI is InChI=1S/C11H18OS/c1-11(2)7-8(11)10(12)9-5-3-4-6-13-9/h8-9H,3-7H2,1-2H3. The summed E-state index contributed by atoms with van der Waals surface area (Å²) < 4.78 is 0. The Morgan fingerprint density at radius 3 is 2.54 bits per heavy atom. The molecule has 1 heterocycles. The Labute approximate surface area is 84.7 Å². The van der Waals surface area contributed by atoms with Crippen LogP contribution >= 0.6 is 11.8 Å². The highest BCUT2D eigenvalue weighted by atomic mass is 32.2. The van der Waals surface area contributed by atoms with Crippen LogP contribution in [0, 0.1) is 11.3 Å². The Morgan fingerprint density at radius 1 is 1.38 bits per heavy atom. The van der Waals surface area contributed by atoms with Gasteiger partial charge in [0.25, 0.3) is 0 Å². The number of rotatable bonds is 2. The third kappa shape index (κ3) is 1.93. The molecule has 1 saturated carbocycles. The van der Waals surface area contributed by atoms with Crippen molar-refractivity contribution in [3.05, 3.63) is 0 Å². The van der Waals surface area contributed by atoms with Gasteiger partial charge in [-0.2, -0.15) is 11.8 Å². The summed E-state index contributed by atoms with van der Waals surface area (Å²) in [6.45, 7) is 4.42. The second-order valence-corrected chi connectivity index (χ2v) is 6.31. The number of carbonyl (C=O) groups is 1. The van der Waals surface area contributed by atoms with Crippen LogP contribution in [0.2, 0.25) is 0 Å². The highest BCUT2D eigenvalue weighted by Crippen LogP contribution is 2.53. The molecular formula is C11H18OS. The lowest BCUT2D eigenvalue weighted by molar-refractivity contribution is -0.120. The van der Waals surface area contributed by atoms with Gasteiger partial charge in [-0.05, 0) is 30.4 Å². The van der Waals surface area contributed by atoms with E-state index in [1.165, 1.54) is 18.6 Å². The molecule has 74 valence electrons. The first-order valence-corrected chi connectivity index (χ1v) is 6.31. The number of carbonyl (C=O) groups excluding carboxylic acids is 1. The van der Waals surface area contributed by atoms with Crippen molar-refractivity contribution in [1.29, 1.82) is 0 Å². The third-order valence-corrected chi connectivity index (χ3v) is 4.75. The third-order valence-electron chi connectivity index (χ3n) is 3.35. The van der Waals surface area contributed by atoms with Crippen LogP contribution in [0.5, 0.6) is 0 Å². The zero-order valence-electron chi connectivity index (χ0n) is 8.51. The number of Topliss-reactive ketones (excluding diaryl/α,β-unsaturated/α-hetero) is 1. The van der Waals surface area contributed by atoms with E-state index in [-0.39, 0.29) is 0 Å². The van der Waals surface area contributed by atoms with E-state index >= 15 is 0 Å². The molecule has 2 rings (SSSR count). The molecule has 1 aliphatic carbocycles. The van der Waals surface area contributed by atoms with E-state index < -0.39 is 0 Å². The van der Waals surface area contributed by atoms with Gasteiger partial charge in [0.1, 0.15) is 5.78 Å². The second kappa shape index (κ2) is 3.30. The quantitative estimate of drug-likeness (QED) is 0.678. The monoisotopic (exact) mass is 198 g/mol. The Kier molecular flexibility index (Phi) is 2.43. The largest absolute Gasteiger partial charge is 0.298 e. The van der Waals surface area contributed by atoms with Crippen molar-refractivity contribution < 1.29 is 4.79 Å². The van der Waals surface area contributed by atoms with Crippen LogP contribution in [0.1, 0.15) is 39.5 Å². The van der Waals surface area contributed by atoms with Crippen LogP contribution in [0.15, 0.2) is 0 Å². The van der Waals surface area contributed by atoms with E-state index in [1.54, 1.807) is 0 Å². The lowest BCUT2D eigenvalue weighted by atomic mass is 10.0. The van der Waals surface area contributed by atoms with E-state index in [0.29, 0.717) is 22.4 Å². The Morgan fingerprint density at radius 2 is 2.08 bits per heavy atom. The highest BCUT2D eigenvalue weighted by molar-refractivity contribution is 8.00. The van der Waals surface area contributed by atoms with Gasteiger partial charge >= 0.3 is 0 Å². The summed E-state index contributed by atoms with van der Waals surface area (Å²) in [5.41, 5.74) is 0.328. The van der Waals surface area contributed by atoms with Gasteiger partial charge in [0.05, 0.1) is 5.25 Å². The predicted molar refractivity (Wildman–Crippen MR) is 57.0 cm³/mol. The molecule has 0 spiro atoms. The van der Waals surface area contributed by atoms with Gasteiger partial charge in [-0.1, -0.05) is 20.3 Å². The fourth-order valence-electron chi connectivity index (χ4n) is 2.14. The second-order valence-electron chi connectivity index (χ2n) is 5.00. The fourth-order valence-corrected chi connectivity index (χ4v) is 3.46.